The van der Waals surface area contributed by atoms with Crippen molar-refractivity contribution >= 4 is 0 Å². The third kappa shape index (κ3) is 1.62. The fourth-order valence-corrected chi connectivity index (χ4v) is 2.30. The molecule has 0 bridgehead atoms. The second kappa shape index (κ2) is 3.62. The second-order valence-corrected chi connectivity index (χ2v) is 4.29. The lowest BCUT2D eigenvalue weighted by atomic mass is 9.82. The van der Waals surface area contributed by atoms with E-state index in [1.807, 2.05) is 6.07 Å². The molecule has 0 aliphatic heterocycles. The molecule has 0 spiro atoms. The van der Waals surface area contributed by atoms with Gasteiger partial charge in [0.25, 0.3) is 0 Å². The smallest absolute Gasteiger partial charge is 0.116 e. The predicted octanol–water partition coefficient (Wildman–Crippen LogP) is 1.98. The highest BCUT2D eigenvalue weighted by Crippen LogP contribution is 2.30. The average molecular weight is 191 g/mol. The fourth-order valence-electron chi connectivity index (χ4n) is 2.30. The zero-order chi connectivity index (χ0) is 10.1. The fraction of sp³-hybridized carbons (Fsp3) is 0.500. The average Bonchev–Trinajstić information content (AvgIpc) is 2.17. The van der Waals surface area contributed by atoms with Crippen LogP contribution in [0, 0.1) is 5.92 Å². The lowest BCUT2D eigenvalue weighted by molar-refractivity contribution is 0.464. The highest BCUT2D eigenvalue weighted by molar-refractivity contribution is 5.43. The van der Waals surface area contributed by atoms with E-state index in [-0.39, 0.29) is 0 Å². The van der Waals surface area contributed by atoms with Gasteiger partial charge in [-0.25, -0.2) is 0 Å². The Bertz CT molecular complexity index is 329. The molecule has 1 aromatic carbocycles. The van der Waals surface area contributed by atoms with Gasteiger partial charge in [-0.15, -0.1) is 0 Å². The Hall–Kier alpha value is -1.02. The molecule has 0 aromatic heterocycles. The maximum Gasteiger partial charge on any atom is 0.116 e. The minimum atomic E-state index is 0.360. The molecule has 1 atom stereocenters. The maximum absolute atomic E-state index is 9.51. The summed E-state index contributed by atoms with van der Waals surface area (Å²) in [4.78, 5) is 0. The third-order valence-corrected chi connectivity index (χ3v) is 3.10. The van der Waals surface area contributed by atoms with Crippen molar-refractivity contribution in [3.63, 3.8) is 0 Å². The molecule has 0 fully saturated rings. The largest absolute Gasteiger partial charge is 0.508 e. The first-order valence-electron chi connectivity index (χ1n) is 5.24. The Morgan fingerprint density at radius 1 is 1.50 bits per heavy atom. The Morgan fingerprint density at radius 3 is 3.00 bits per heavy atom. The maximum atomic E-state index is 9.51. The van der Waals surface area contributed by atoms with E-state index in [1.165, 1.54) is 17.5 Å². The summed E-state index contributed by atoms with van der Waals surface area (Å²) in [5, 5.41) is 9.51. The van der Waals surface area contributed by atoms with Crippen molar-refractivity contribution in [3.05, 3.63) is 28.8 Å². The summed E-state index contributed by atoms with van der Waals surface area (Å²) in [6.45, 7) is 2.81. The van der Waals surface area contributed by atoms with Crippen molar-refractivity contribution in [3.8, 4) is 5.75 Å². The van der Waals surface area contributed by atoms with E-state index in [2.05, 4.69) is 6.92 Å². The molecule has 3 N–H and O–H groups in total. The summed E-state index contributed by atoms with van der Waals surface area (Å²) in [6.07, 6.45) is 3.42. The van der Waals surface area contributed by atoms with Gasteiger partial charge in [0.2, 0.25) is 0 Å². The van der Waals surface area contributed by atoms with Gasteiger partial charge in [0.1, 0.15) is 5.75 Å². The molecule has 2 heteroatoms. The first kappa shape index (κ1) is 9.53. The van der Waals surface area contributed by atoms with Gasteiger partial charge < -0.3 is 10.8 Å². The Morgan fingerprint density at radius 2 is 2.29 bits per heavy atom. The van der Waals surface area contributed by atoms with Crippen molar-refractivity contribution < 1.29 is 5.11 Å². The number of hydrogen-bond acceptors (Lipinski definition) is 2. The molecule has 2 nitrogen and oxygen atoms in total. The lowest BCUT2D eigenvalue weighted by Gasteiger charge is -2.24. The van der Waals surface area contributed by atoms with Crippen LogP contribution < -0.4 is 5.73 Å². The number of benzene rings is 1. The zero-order valence-corrected chi connectivity index (χ0v) is 8.59. The molecule has 0 saturated carbocycles. The van der Waals surface area contributed by atoms with E-state index < -0.39 is 0 Å². The van der Waals surface area contributed by atoms with Crippen molar-refractivity contribution in [2.45, 2.75) is 32.7 Å². The monoisotopic (exact) mass is 191 g/mol. The molecule has 76 valence electrons. The molecule has 1 aliphatic carbocycles. The lowest BCUT2D eigenvalue weighted by Crippen LogP contribution is -2.15. The summed E-state index contributed by atoms with van der Waals surface area (Å²) in [5.41, 5.74) is 9.47. The molecule has 1 unspecified atom stereocenters. The first-order valence-corrected chi connectivity index (χ1v) is 5.24. The number of fused-ring (bicyclic) bond motifs is 1. The van der Waals surface area contributed by atoms with Crippen LogP contribution in [0.4, 0.5) is 0 Å². The molecule has 1 aromatic rings. The van der Waals surface area contributed by atoms with E-state index in [1.54, 1.807) is 6.07 Å². The van der Waals surface area contributed by atoms with Gasteiger partial charge in [0, 0.05) is 6.54 Å². The van der Waals surface area contributed by atoms with Gasteiger partial charge in [-0.1, -0.05) is 6.92 Å². The SMILES string of the molecule is CC1CCc2cc(O)cc(CN)c2C1. The summed E-state index contributed by atoms with van der Waals surface area (Å²) in [5.74, 6) is 1.11. The summed E-state index contributed by atoms with van der Waals surface area (Å²) in [6, 6.07) is 3.69. The van der Waals surface area contributed by atoms with Crippen LogP contribution in [-0.4, -0.2) is 5.11 Å². The molecule has 14 heavy (non-hydrogen) atoms. The van der Waals surface area contributed by atoms with Crippen LogP contribution >= 0.6 is 0 Å². The number of phenols is 1. The van der Waals surface area contributed by atoms with Gasteiger partial charge in [-0.05, 0) is 54.0 Å². The molecule has 0 saturated heterocycles. The number of phenolic OH excluding ortho intramolecular Hbond substituents is 1. The highest BCUT2D eigenvalue weighted by atomic mass is 16.3. The molecule has 2 rings (SSSR count). The molecule has 0 radical (unpaired) electrons. The van der Waals surface area contributed by atoms with Gasteiger partial charge in [-0.2, -0.15) is 0 Å². The first-order chi connectivity index (χ1) is 6.70. The molecule has 1 aliphatic rings. The van der Waals surface area contributed by atoms with Crippen LogP contribution in [0.15, 0.2) is 12.1 Å². The number of nitrogens with two attached hydrogens (primary N) is 1. The van der Waals surface area contributed by atoms with Crippen molar-refractivity contribution in [1.29, 1.82) is 0 Å². The molecular formula is C12H17NO. The second-order valence-electron chi connectivity index (χ2n) is 4.29. The standard InChI is InChI=1S/C12H17NO/c1-8-2-3-9-5-11(14)6-10(7-13)12(9)4-8/h5-6,8,14H,2-4,7,13H2,1H3. The van der Waals surface area contributed by atoms with E-state index in [4.69, 9.17) is 5.73 Å². The van der Waals surface area contributed by atoms with Crippen molar-refractivity contribution in [1.82, 2.24) is 0 Å². The molecular weight excluding hydrogens is 174 g/mol. The van der Waals surface area contributed by atoms with Crippen LogP contribution in [0.2, 0.25) is 0 Å². The molecule has 0 amide bonds. The van der Waals surface area contributed by atoms with Gasteiger partial charge >= 0.3 is 0 Å². The topological polar surface area (TPSA) is 46.2 Å². The van der Waals surface area contributed by atoms with Gasteiger partial charge in [0.05, 0.1) is 0 Å². The Labute approximate surface area is 84.7 Å². The van der Waals surface area contributed by atoms with Crippen LogP contribution in [0.3, 0.4) is 0 Å². The summed E-state index contributed by atoms with van der Waals surface area (Å²) < 4.78 is 0. The Kier molecular flexibility index (Phi) is 2.46. The van der Waals surface area contributed by atoms with E-state index >= 15 is 0 Å². The number of rotatable bonds is 1. The number of hydrogen-bond donors (Lipinski definition) is 2. The number of aryl methyl sites for hydroxylation is 1. The van der Waals surface area contributed by atoms with Crippen molar-refractivity contribution in [2.24, 2.45) is 11.7 Å². The van der Waals surface area contributed by atoms with Crippen LogP contribution in [0.5, 0.6) is 5.75 Å². The normalized spacial score (nSPS) is 20.6. The minimum Gasteiger partial charge on any atom is -0.508 e. The minimum absolute atomic E-state index is 0.360. The Balaban J connectivity index is 2.47. The number of aromatic hydroxyl groups is 1. The van der Waals surface area contributed by atoms with Crippen LogP contribution in [-0.2, 0) is 19.4 Å². The zero-order valence-electron chi connectivity index (χ0n) is 8.59. The van der Waals surface area contributed by atoms with E-state index in [0.29, 0.717) is 12.3 Å². The summed E-state index contributed by atoms with van der Waals surface area (Å²) >= 11 is 0. The van der Waals surface area contributed by atoms with E-state index in [9.17, 15) is 5.11 Å². The third-order valence-electron chi connectivity index (χ3n) is 3.10. The van der Waals surface area contributed by atoms with Crippen LogP contribution in [0.1, 0.15) is 30.0 Å². The highest BCUT2D eigenvalue weighted by Gasteiger charge is 2.18. The van der Waals surface area contributed by atoms with Crippen molar-refractivity contribution in [2.75, 3.05) is 0 Å². The summed E-state index contributed by atoms with van der Waals surface area (Å²) in [7, 11) is 0. The quantitative estimate of drug-likeness (QED) is 0.713. The predicted molar refractivity (Wildman–Crippen MR) is 57.2 cm³/mol. The van der Waals surface area contributed by atoms with Crippen LogP contribution in [0.25, 0.3) is 0 Å². The van der Waals surface area contributed by atoms with Gasteiger partial charge in [-0.3, -0.25) is 0 Å². The molecule has 0 heterocycles. The van der Waals surface area contributed by atoms with Gasteiger partial charge in [0.15, 0.2) is 0 Å². The van der Waals surface area contributed by atoms with E-state index in [0.717, 1.165) is 24.3 Å².